The molecule has 0 radical (unpaired) electrons. The summed E-state index contributed by atoms with van der Waals surface area (Å²) in [6, 6.07) is 26.1. The van der Waals surface area contributed by atoms with Gasteiger partial charge in [-0.3, -0.25) is 15.0 Å². The first-order chi connectivity index (χ1) is 16.6. The van der Waals surface area contributed by atoms with Crippen LogP contribution in [-0.4, -0.2) is 36.1 Å². The maximum Gasteiger partial charge on any atom is 0.251 e. The van der Waals surface area contributed by atoms with Gasteiger partial charge in [0.25, 0.3) is 5.91 Å². The molecule has 0 saturated heterocycles. The van der Waals surface area contributed by atoms with Gasteiger partial charge in [0.15, 0.2) is 0 Å². The van der Waals surface area contributed by atoms with Gasteiger partial charge in [-0.2, -0.15) is 0 Å². The number of halogens is 1. The van der Waals surface area contributed by atoms with Gasteiger partial charge in [-0.25, -0.2) is 0 Å². The highest BCUT2D eigenvalue weighted by atomic mass is 35.5. The van der Waals surface area contributed by atoms with E-state index in [0.29, 0.717) is 31.5 Å². The Labute approximate surface area is 205 Å². The van der Waals surface area contributed by atoms with E-state index in [2.05, 4.69) is 16.0 Å². The van der Waals surface area contributed by atoms with Crippen LogP contribution in [0.3, 0.4) is 0 Å². The smallest absolute Gasteiger partial charge is 0.251 e. The van der Waals surface area contributed by atoms with Gasteiger partial charge < -0.3 is 16.0 Å². The largest absolute Gasteiger partial charge is 0.373 e. The molecule has 0 spiro atoms. The summed E-state index contributed by atoms with van der Waals surface area (Å²) in [5.74, 6) is -0.216. The van der Waals surface area contributed by atoms with E-state index in [9.17, 15) is 9.59 Å². The summed E-state index contributed by atoms with van der Waals surface area (Å²) in [5.41, 5.74) is 3.42. The lowest BCUT2D eigenvalue weighted by atomic mass is 10.0. The minimum atomic E-state index is -0.705. The standard InChI is InChI=1S/C27H29ClN4O2/c28-18-25(29)30-16-8-15-24(27(34)31-19-20-9-3-1-4-10-20)32-26(33)23-14-7-13-22(17-23)21-11-5-2-6-12-21/h1-7,9-14,17,24H,8,15-16,18-19H2,(H2,29,30)(H,31,34)(H,32,33)/t24-/m0/s1. The predicted molar refractivity (Wildman–Crippen MR) is 137 cm³/mol. The van der Waals surface area contributed by atoms with Crippen LogP contribution in [0.15, 0.2) is 84.9 Å². The number of hydrogen-bond acceptors (Lipinski definition) is 3. The first-order valence-electron chi connectivity index (χ1n) is 11.2. The zero-order valence-corrected chi connectivity index (χ0v) is 19.6. The molecule has 0 fully saturated rings. The van der Waals surface area contributed by atoms with Gasteiger partial charge in [0.1, 0.15) is 11.9 Å². The molecule has 34 heavy (non-hydrogen) atoms. The molecular weight excluding hydrogens is 448 g/mol. The Hall–Kier alpha value is -3.64. The van der Waals surface area contributed by atoms with E-state index >= 15 is 0 Å². The van der Waals surface area contributed by atoms with Crippen molar-refractivity contribution in [2.24, 2.45) is 0 Å². The van der Waals surface area contributed by atoms with Gasteiger partial charge >= 0.3 is 0 Å². The predicted octanol–water partition coefficient (Wildman–Crippen LogP) is 4.35. The molecule has 0 aliphatic rings. The second-order valence-corrected chi connectivity index (χ2v) is 8.12. The number of amidine groups is 1. The summed E-state index contributed by atoms with van der Waals surface area (Å²) < 4.78 is 0. The number of carbonyl (C=O) groups is 2. The number of nitrogens with one attached hydrogen (secondary N) is 4. The van der Waals surface area contributed by atoms with E-state index in [1.807, 2.05) is 78.9 Å². The highest BCUT2D eigenvalue weighted by Crippen LogP contribution is 2.20. The molecule has 0 aromatic heterocycles. The highest BCUT2D eigenvalue weighted by Gasteiger charge is 2.21. The molecule has 3 aromatic carbocycles. The highest BCUT2D eigenvalue weighted by molar-refractivity contribution is 6.27. The molecule has 3 rings (SSSR count). The molecular formula is C27H29ClN4O2. The third-order valence-corrected chi connectivity index (χ3v) is 5.57. The molecule has 7 heteroatoms. The molecule has 0 aliphatic carbocycles. The Morgan fingerprint density at radius 3 is 2.24 bits per heavy atom. The number of hydrogen-bond donors (Lipinski definition) is 4. The van der Waals surface area contributed by atoms with Gasteiger partial charge in [-0.1, -0.05) is 72.8 Å². The van der Waals surface area contributed by atoms with E-state index in [0.717, 1.165) is 16.7 Å². The third-order valence-electron chi connectivity index (χ3n) is 5.30. The van der Waals surface area contributed by atoms with Gasteiger partial charge in [-0.15, -0.1) is 11.6 Å². The Kier molecular flexibility index (Phi) is 9.67. The van der Waals surface area contributed by atoms with E-state index < -0.39 is 6.04 Å². The lowest BCUT2D eigenvalue weighted by Crippen LogP contribution is -2.46. The number of carbonyl (C=O) groups excluding carboxylic acids is 2. The molecule has 176 valence electrons. The molecule has 0 aliphatic heterocycles. The van der Waals surface area contributed by atoms with E-state index in [4.69, 9.17) is 17.0 Å². The average molecular weight is 477 g/mol. The molecule has 0 unspecified atom stereocenters. The van der Waals surface area contributed by atoms with Crippen LogP contribution in [0.4, 0.5) is 0 Å². The summed E-state index contributed by atoms with van der Waals surface area (Å²) in [6.45, 7) is 0.873. The molecule has 6 nitrogen and oxygen atoms in total. The van der Waals surface area contributed by atoms with Crippen molar-refractivity contribution >= 4 is 29.3 Å². The normalized spacial score (nSPS) is 11.3. The first kappa shape index (κ1) is 25.0. The fourth-order valence-corrected chi connectivity index (χ4v) is 3.58. The van der Waals surface area contributed by atoms with Crippen molar-refractivity contribution in [3.8, 4) is 11.1 Å². The van der Waals surface area contributed by atoms with Gasteiger partial charge in [0.05, 0.1) is 5.88 Å². The lowest BCUT2D eigenvalue weighted by molar-refractivity contribution is -0.123. The second kappa shape index (κ2) is 13.2. The van der Waals surface area contributed by atoms with Crippen molar-refractivity contribution in [1.29, 1.82) is 5.41 Å². The summed E-state index contributed by atoms with van der Waals surface area (Å²) in [6.07, 6.45) is 1.01. The second-order valence-electron chi connectivity index (χ2n) is 7.86. The van der Waals surface area contributed by atoms with Crippen LogP contribution in [0.1, 0.15) is 28.8 Å². The molecule has 0 bridgehead atoms. The minimum absolute atomic E-state index is 0.107. The number of alkyl halides is 1. The molecule has 2 amide bonds. The van der Waals surface area contributed by atoms with Crippen molar-refractivity contribution in [2.45, 2.75) is 25.4 Å². The number of benzene rings is 3. The SMILES string of the molecule is N=C(CCl)NCCC[C@H](NC(=O)c1cccc(-c2ccccc2)c1)C(=O)NCc1ccccc1. The van der Waals surface area contributed by atoms with Crippen molar-refractivity contribution in [3.05, 3.63) is 96.1 Å². The quantitative estimate of drug-likeness (QED) is 0.143. The molecule has 1 atom stereocenters. The third kappa shape index (κ3) is 7.74. The fraction of sp³-hybridized carbons (Fsp3) is 0.222. The minimum Gasteiger partial charge on any atom is -0.373 e. The van der Waals surface area contributed by atoms with Crippen molar-refractivity contribution in [1.82, 2.24) is 16.0 Å². The fourth-order valence-electron chi connectivity index (χ4n) is 3.48. The van der Waals surface area contributed by atoms with Crippen LogP contribution >= 0.6 is 11.6 Å². The van der Waals surface area contributed by atoms with Crippen molar-refractivity contribution in [3.63, 3.8) is 0 Å². The maximum absolute atomic E-state index is 13.0. The zero-order chi connectivity index (χ0) is 24.2. The van der Waals surface area contributed by atoms with Crippen LogP contribution in [0.2, 0.25) is 0 Å². The molecule has 4 N–H and O–H groups in total. The first-order valence-corrected chi connectivity index (χ1v) is 11.8. The Morgan fingerprint density at radius 2 is 1.53 bits per heavy atom. The number of amides is 2. The summed E-state index contributed by atoms with van der Waals surface area (Å²) >= 11 is 5.63. The van der Waals surface area contributed by atoms with E-state index in [1.54, 1.807) is 6.07 Å². The Balaban J connectivity index is 1.67. The number of rotatable bonds is 11. The summed E-state index contributed by atoms with van der Waals surface area (Å²) in [4.78, 5) is 26.0. The van der Waals surface area contributed by atoms with Crippen LogP contribution in [-0.2, 0) is 11.3 Å². The maximum atomic E-state index is 13.0. The molecule has 0 saturated carbocycles. The molecule has 0 heterocycles. The van der Waals surface area contributed by atoms with E-state index in [-0.39, 0.29) is 23.5 Å². The zero-order valence-electron chi connectivity index (χ0n) is 18.9. The van der Waals surface area contributed by atoms with Crippen molar-refractivity contribution < 1.29 is 9.59 Å². The van der Waals surface area contributed by atoms with Gasteiger partial charge in [-0.05, 0) is 41.7 Å². The van der Waals surface area contributed by atoms with Crippen LogP contribution in [0, 0.1) is 5.41 Å². The monoisotopic (exact) mass is 476 g/mol. The van der Waals surface area contributed by atoms with Gasteiger partial charge in [0.2, 0.25) is 5.91 Å². The van der Waals surface area contributed by atoms with Crippen molar-refractivity contribution in [2.75, 3.05) is 12.4 Å². The van der Waals surface area contributed by atoms with Gasteiger partial charge in [0, 0.05) is 18.7 Å². The lowest BCUT2D eigenvalue weighted by Gasteiger charge is -2.19. The Morgan fingerprint density at radius 1 is 0.853 bits per heavy atom. The Bertz CT molecular complexity index is 1090. The summed E-state index contributed by atoms with van der Waals surface area (Å²) in [5, 5.41) is 16.3. The topological polar surface area (TPSA) is 94.1 Å². The van der Waals surface area contributed by atoms with E-state index in [1.165, 1.54) is 0 Å². The van der Waals surface area contributed by atoms with Crippen LogP contribution in [0.5, 0.6) is 0 Å². The van der Waals surface area contributed by atoms with Crippen LogP contribution in [0.25, 0.3) is 11.1 Å². The summed E-state index contributed by atoms with van der Waals surface area (Å²) in [7, 11) is 0. The average Bonchev–Trinajstić information content (AvgIpc) is 2.89. The van der Waals surface area contributed by atoms with Crippen LogP contribution < -0.4 is 16.0 Å². The molecule has 3 aromatic rings.